The molecule has 0 aliphatic rings. The molecule has 8 rings (SSSR count). The van der Waals surface area contributed by atoms with Gasteiger partial charge in [0, 0.05) is 87.7 Å². The molecule has 0 aliphatic heterocycles. The van der Waals surface area contributed by atoms with E-state index >= 15 is 0 Å². The first-order valence-electron chi connectivity index (χ1n) is 24.9. The Bertz CT molecular complexity index is 2910. The zero-order chi connectivity index (χ0) is 66.7. The van der Waals surface area contributed by atoms with Crippen molar-refractivity contribution >= 4 is 71.5 Å². The van der Waals surface area contributed by atoms with Crippen molar-refractivity contribution < 1.29 is 168 Å². The Morgan fingerprint density at radius 2 is 0.516 bits per heavy atom. The van der Waals surface area contributed by atoms with Crippen molar-refractivity contribution in [2.75, 3.05) is 42.7 Å². The number of hydrogen-bond acceptors (Lipinski definition) is 26. The largest absolute Gasteiger partial charge is 2.00 e. The van der Waals surface area contributed by atoms with E-state index in [1.807, 2.05) is 24.3 Å². The zero-order valence-electron chi connectivity index (χ0n) is 52.0. The number of aliphatic imine (C=N–C) groups is 4. The van der Waals surface area contributed by atoms with Gasteiger partial charge in [0.25, 0.3) is 0 Å². The van der Waals surface area contributed by atoms with E-state index in [-0.39, 0.29) is 102 Å². The van der Waals surface area contributed by atoms with E-state index < -0.39 is 23.9 Å². The van der Waals surface area contributed by atoms with Gasteiger partial charge in [-0.15, -0.1) is 0 Å². The molecule has 494 valence electrons. The summed E-state index contributed by atoms with van der Waals surface area (Å²) in [6.07, 6.45) is 19.2. The standard InChI is InChI=1S/4C13H12N2O2.4C2H4O2.2CH4O.2Cu.H2O.2Zn/c4*1-17-12-6-2-4-10(13(12)16)8-15-11-5-3-7-14-9-11;4*1-2(3)4;2*1-2;;;;;/h4*2-9,16H,1H3;4*1H3,(H,3,4);2*2H,1H3;;;1H2;;/q;;;;;;;;;;2*+2;;2*+2/p-8. The van der Waals surface area contributed by atoms with E-state index in [2.05, 4.69) is 39.9 Å². The van der Waals surface area contributed by atoms with Gasteiger partial charge in [0.1, 0.15) is 23.0 Å². The molecule has 8 aromatic rings. The van der Waals surface area contributed by atoms with Crippen molar-refractivity contribution in [1.82, 2.24) is 19.9 Å². The number of aromatic nitrogens is 4. The molecule has 4 N–H and O–H groups in total. The molecule has 0 bridgehead atoms. The second-order valence-electron chi connectivity index (χ2n) is 15.4. The normalized spacial score (nSPS) is 8.99. The molecule has 0 aliphatic carbocycles. The number of carbonyl (C=O) groups is 4. The molecule has 93 heavy (non-hydrogen) atoms. The molecule has 0 unspecified atom stereocenters. The van der Waals surface area contributed by atoms with E-state index in [1.165, 1.54) is 53.3 Å². The van der Waals surface area contributed by atoms with Gasteiger partial charge in [0.05, 0.1) is 76.0 Å². The maximum Gasteiger partial charge on any atom is 2.00 e. The molecule has 4 aromatic heterocycles. The van der Waals surface area contributed by atoms with Gasteiger partial charge in [-0.2, -0.15) is 0 Å². The van der Waals surface area contributed by atoms with Crippen LogP contribution in [0.2, 0.25) is 0 Å². The van der Waals surface area contributed by atoms with Crippen molar-refractivity contribution in [2.24, 2.45) is 20.0 Å². The Labute approximate surface area is 584 Å². The fourth-order valence-corrected chi connectivity index (χ4v) is 5.48. The first-order valence-corrected chi connectivity index (χ1v) is 24.9. The summed E-state index contributed by atoms with van der Waals surface area (Å²) in [7, 11) is 7.88. The van der Waals surface area contributed by atoms with Crippen molar-refractivity contribution in [2.45, 2.75) is 27.7 Å². The molecular formula is C62H66Cu2N8O19Zn2. The number of nitrogens with zero attached hydrogens (tertiary/aromatic N) is 8. The van der Waals surface area contributed by atoms with Crippen LogP contribution in [0.4, 0.5) is 22.7 Å². The second kappa shape index (κ2) is 61.5. The Kier molecular flexibility index (Phi) is 64.2. The van der Waals surface area contributed by atoms with Crippen LogP contribution in [0.15, 0.2) is 191 Å². The maximum absolute atomic E-state index is 11.8. The maximum atomic E-state index is 11.8. The molecule has 0 saturated carbocycles. The number of aliphatic hydroxyl groups is 2. The molecule has 31 heteroatoms. The topological polar surface area (TPSA) is 463 Å². The van der Waals surface area contributed by atoms with Crippen LogP contribution in [-0.4, -0.2) is 127 Å². The monoisotopic (exact) mass is 1480 g/mol. The number of carbonyl (C=O) groups excluding carboxylic acids is 4. The predicted octanol–water partition coefficient (Wildman–Crippen LogP) is 1.06. The van der Waals surface area contributed by atoms with Gasteiger partial charge >= 0.3 is 73.1 Å². The number of pyridine rings is 4. The summed E-state index contributed by atoms with van der Waals surface area (Å²) in [6, 6.07) is 34.7. The molecule has 4 aromatic carbocycles. The molecule has 27 nitrogen and oxygen atoms in total. The summed E-state index contributed by atoms with van der Waals surface area (Å²) < 4.78 is 19.8. The number of aliphatic hydroxyl groups excluding tert-OH is 2. The molecule has 0 saturated heterocycles. The average Bonchev–Trinajstić information content (AvgIpc) is 3.33. The minimum atomic E-state index is -1.08. The summed E-state index contributed by atoms with van der Waals surface area (Å²) in [5, 5.41) is 96.7. The van der Waals surface area contributed by atoms with E-state index in [0.717, 1.165) is 41.9 Å². The first-order chi connectivity index (χ1) is 42.2. The van der Waals surface area contributed by atoms with E-state index in [0.29, 0.717) is 68.0 Å². The number of rotatable bonds is 12. The number of methoxy groups -OCH3 is 4. The zero-order valence-corrected chi connectivity index (χ0v) is 59.8. The molecular weight excluding hydrogens is 1420 g/mol. The van der Waals surface area contributed by atoms with Crippen molar-refractivity contribution in [3.8, 4) is 46.0 Å². The number of hydrogen-bond donors (Lipinski definition) is 2. The number of benzene rings is 4. The Hall–Kier alpha value is -9.39. The Morgan fingerprint density at radius 3 is 0.645 bits per heavy atom. The molecule has 0 atom stereocenters. The average molecular weight is 1490 g/mol. The van der Waals surface area contributed by atoms with Crippen molar-refractivity contribution in [1.29, 1.82) is 0 Å². The van der Waals surface area contributed by atoms with Crippen molar-refractivity contribution in [3.63, 3.8) is 0 Å². The van der Waals surface area contributed by atoms with Crippen LogP contribution in [-0.2, 0) is 92.3 Å². The quantitative estimate of drug-likeness (QED) is 0.128. The fourth-order valence-electron chi connectivity index (χ4n) is 5.48. The number of para-hydroxylation sites is 4. The van der Waals surface area contributed by atoms with Crippen molar-refractivity contribution in [3.05, 3.63) is 193 Å². The number of aliphatic carboxylic acids is 4. The van der Waals surface area contributed by atoms with Gasteiger partial charge in [-0.05, 0) is 123 Å². The Morgan fingerprint density at radius 1 is 0.355 bits per heavy atom. The van der Waals surface area contributed by atoms with Gasteiger partial charge in [0.15, 0.2) is 0 Å². The third-order valence-corrected chi connectivity index (χ3v) is 8.91. The van der Waals surface area contributed by atoms with Gasteiger partial charge in [-0.3, -0.25) is 39.9 Å². The molecule has 2 radical (unpaired) electrons. The van der Waals surface area contributed by atoms with E-state index in [9.17, 15) is 20.4 Å². The fraction of sp³-hybridized carbons (Fsp3) is 0.161. The summed E-state index contributed by atoms with van der Waals surface area (Å²) in [5.41, 5.74) is 4.79. The summed E-state index contributed by atoms with van der Waals surface area (Å²) in [5.74, 6) is -3.71. The van der Waals surface area contributed by atoms with Crippen LogP contribution in [0.3, 0.4) is 0 Å². The molecule has 0 fully saturated rings. The Balaban J connectivity index is -0.000000190. The van der Waals surface area contributed by atoms with E-state index in [1.54, 1.807) is 147 Å². The first kappa shape index (κ1) is 97.2. The van der Waals surface area contributed by atoms with E-state index in [4.69, 9.17) is 68.8 Å². The molecule has 0 spiro atoms. The van der Waals surface area contributed by atoms with Gasteiger partial charge in [-0.1, -0.05) is 71.5 Å². The molecule has 4 heterocycles. The van der Waals surface area contributed by atoms with Crippen LogP contribution in [0.1, 0.15) is 49.9 Å². The van der Waals surface area contributed by atoms with Crippen LogP contribution >= 0.6 is 0 Å². The third kappa shape index (κ3) is 47.2. The number of ether oxygens (including phenoxy) is 4. The van der Waals surface area contributed by atoms with Crippen LogP contribution in [0, 0.1) is 0 Å². The van der Waals surface area contributed by atoms with Gasteiger partial charge in [-0.25, -0.2) is 0 Å². The third-order valence-electron chi connectivity index (χ3n) is 8.91. The van der Waals surface area contributed by atoms with Crippen LogP contribution in [0.25, 0.3) is 0 Å². The summed E-state index contributed by atoms with van der Waals surface area (Å²) in [6.45, 7) is 3.89. The number of carboxylic acids is 4. The SMILES string of the molecule is CC(=O)[O-].CC(=O)[O-].CC(=O)[O-].CC(=O)[O-].CO.CO.COc1cccc(C=Nc2cccnc2)c1[O-].COc1cccc(C=Nc2cccnc2)c1[O-].COc1cccc(C=Nc2cccnc2)c1[O-].COc1cccc(C=Nc2cccnc2)c1[O-].O.[Cu+2].[Cu+2].[Zn+2].[Zn+2]. The number of carboxylic acid groups (broad SMARTS) is 4. The summed E-state index contributed by atoms with van der Waals surface area (Å²) in [4.78, 5) is 68.0. The minimum absolute atomic E-state index is 0. The minimum Gasteiger partial charge on any atom is -0.870 e. The predicted molar refractivity (Wildman–Crippen MR) is 318 cm³/mol. The summed E-state index contributed by atoms with van der Waals surface area (Å²) >= 11 is 0. The van der Waals surface area contributed by atoms with Gasteiger partial charge in [0.2, 0.25) is 0 Å². The van der Waals surface area contributed by atoms with Crippen LogP contribution in [0.5, 0.6) is 46.0 Å². The van der Waals surface area contributed by atoms with Crippen LogP contribution < -0.4 is 59.8 Å². The van der Waals surface area contributed by atoms with Gasteiger partial charge < -0.3 is 94.7 Å². The second-order valence-corrected chi connectivity index (χ2v) is 15.4. The molecule has 0 amide bonds. The smallest absolute Gasteiger partial charge is 0.870 e.